The molecular weight excluding hydrogens is 403 g/mol. The zero-order chi connectivity index (χ0) is 21.9. The molecule has 0 fully saturated rings. The predicted octanol–water partition coefficient (Wildman–Crippen LogP) is 1.07. The summed E-state index contributed by atoms with van der Waals surface area (Å²) in [7, 11) is 0. The molecule has 0 saturated heterocycles. The maximum atomic E-state index is 12.7. The monoisotopic (exact) mass is 421 g/mol. The Kier molecular flexibility index (Phi) is 5.76. The van der Waals surface area contributed by atoms with E-state index in [1.807, 2.05) is 18.2 Å². The van der Waals surface area contributed by atoms with Gasteiger partial charge in [-0.2, -0.15) is 13.2 Å². The molecule has 30 heavy (non-hydrogen) atoms. The summed E-state index contributed by atoms with van der Waals surface area (Å²) in [4.78, 5) is 31.0. The molecule has 7 N–H and O–H groups in total. The van der Waals surface area contributed by atoms with E-state index in [0.717, 1.165) is 11.8 Å². The van der Waals surface area contributed by atoms with Crippen molar-refractivity contribution in [2.75, 3.05) is 10.6 Å². The van der Waals surface area contributed by atoms with Crippen LogP contribution in [0.3, 0.4) is 0 Å². The summed E-state index contributed by atoms with van der Waals surface area (Å²) in [5, 5.41) is 8.32. The van der Waals surface area contributed by atoms with Gasteiger partial charge in [-0.05, 0) is 30.0 Å². The highest BCUT2D eigenvalue weighted by Crippen LogP contribution is 2.25. The molecule has 2 aliphatic rings. The predicted molar refractivity (Wildman–Crippen MR) is 103 cm³/mol. The van der Waals surface area contributed by atoms with Gasteiger partial charge in [0.05, 0.1) is 18.7 Å². The van der Waals surface area contributed by atoms with Crippen molar-refractivity contribution < 1.29 is 22.8 Å². The third-order valence-electron chi connectivity index (χ3n) is 4.18. The smallest absolute Gasteiger partial charge is 0.381 e. The topological polar surface area (TPSA) is 148 Å². The molecule has 1 aromatic rings. The first-order valence-corrected chi connectivity index (χ1v) is 8.71. The molecule has 12 heteroatoms. The van der Waals surface area contributed by atoms with Gasteiger partial charge in [-0.25, -0.2) is 9.97 Å². The van der Waals surface area contributed by atoms with Crippen LogP contribution in [0.1, 0.15) is 16.9 Å². The van der Waals surface area contributed by atoms with E-state index in [2.05, 4.69) is 25.9 Å². The number of anilines is 2. The summed E-state index contributed by atoms with van der Waals surface area (Å²) in [5.74, 6) is -2.37. The van der Waals surface area contributed by atoms with Crippen LogP contribution in [0.2, 0.25) is 0 Å². The lowest BCUT2D eigenvalue weighted by atomic mass is 9.98. The number of hydrogen-bond donors (Lipinski definition) is 5. The van der Waals surface area contributed by atoms with E-state index in [9.17, 15) is 22.8 Å². The number of primary amides is 2. The number of dihydropyridines is 1. The second kappa shape index (κ2) is 8.27. The highest BCUT2D eigenvalue weighted by molar-refractivity contribution is 5.96. The van der Waals surface area contributed by atoms with Crippen LogP contribution in [-0.2, 0) is 4.79 Å². The molecule has 0 aromatic carbocycles. The quantitative estimate of drug-likeness (QED) is 0.442. The number of amides is 2. The number of halogens is 3. The number of fused-ring (bicyclic) bond motifs is 1. The van der Waals surface area contributed by atoms with Crippen molar-refractivity contribution in [3.63, 3.8) is 0 Å². The van der Waals surface area contributed by atoms with Crippen LogP contribution < -0.4 is 27.4 Å². The third kappa shape index (κ3) is 5.16. The summed E-state index contributed by atoms with van der Waals surface area (Å²) in [6.07, 6.45) is 5.78. The molecule has 0 spiro atoms. The Morgan fingerprint density at radius 1 is 1.30 bits per heavy atom. The van der Waals surface area contributed by atoms with E-state index in [-0.39, 0.29) is 23.4 Å². The molecule has 9 nitrogen and oxygen atoms in total. The summed E-state index contributed by atoms with van der Waals surface area (Å²) in [6, 6.07) is -1.76. The van der Waals surface area contributed by atoms with Crippen molar-refractivity contribution >= 4 is 23.5 Å². The lowest BCUT2D eigenvalue weighted by Gasteiger charge is -2.23. The van der Waals surface area contributed by atoms with E-state index in [4.69, 9.17) is 11.5 Å². The SMILES string of the molecule is NC(=O)c1ncc(NC(CC(F)(F)F)C(N)=O)nc1NC1=CC2=CC=CNC2C=C1. The molecule has 1 aliphatic heterocycles. The molecule has 1 aliphatic carbocycles. The van der Waals surface area contributed by atoms with Gasteiger partial charge in [0.25, 0.3) is 5.91 Å². The molecule has 0 bridgehead atoms. The van der Waals surface area contributed by atoms with Gasteiger partial charge in [-0.1, -0.05) is 12.2 Å². The average Bonchev–Trinajstić information content (AvgIpc) is 2.66. The van der Waals surface area contributed by atoms with Gasteiger partial charge in [-0.15, -0.1) is 0 Å². The van der Waals surface area contributed by atoms with E-state index < -0.39 is 30.5 Å². The second-order valence-electron chi connectivity index (χ2n) is 6.49. The molecule has 2 unspecified atom stereocenters. The van der Waals surface area contributed by atoms with Gasteiger partial charge in [0.2, 0.25) is 5.91 Å². The van der Waals surface area contributed by atoms with E-state index in [0.29, 0.717) is 5.70 Å². The molecule has 158 valence electrons. The maximum Gasteiger partial charge on any atom is 0.391 e. The number of allylic oxidation sites excluding steroid dienone is 3. The lowest BCUT2D eigenvalue weighted by Crippen LogP contribution is -2.39. The zero-order valence-corrected chi connectivity index (χ0v) is 15.4. The standard InChI is InChI=1S/C18H18F3N7O2/c19-18(20,21)7-12(15(22)29)27-13-8-25-14(16(23)30)17(28-13)26-10-3-4-11-9(6-10)2-1-5-24-11/h1-6,8,11-12,24H,7H2,(H2,22,29)(H2,23,30)(H2,26,27,28). The Morgan fingerprint density at radius 2 is 2.07 bits per heavy atom. The van der Waals surface area contributed by atoms with Gasteiger partial charge < -0.3 is 27.4 Å². The summed E-state index contributed by atoms with van der Waals surface area (Å²) in [6.45, 7) is 0. The number of aromatic nitrogens is 2. The molecule has 3 rings (SSSR count). The fourth-order valence-corrected chi connectivity index (χ4v) is 2.82. The van der Waals surface area contributed by atoms with Crippen LogP contribution in [0.5, 0.6) is 0 Å². The van der Waals surface area contributed by atoms with Crippen molar-refractivity contribution in [3.8, 4) is 0 Å². The third-order valence-corrected chi connectivity index (χ3v) is 4.18. The lowest BCUT2D eigenvalue weighted by molar-refractivity contribution is -0.144. The highest BCUT2D eigenvalue weighted by atomic mass is 19.4. The first-order chi connectivity index (χ1) is 14.1. The number of alkyl halides is 3. The Morgan fingerprint density at radius 3 is 2.73 bits per heavy atom. The van der Waals surface area contributed by atoms with Gasteiger partial charge in [0.1, 0.15) is 11.9 Å². The molecule has 2 atom stereocenters. The fraction of sp³-hybridized carbons (Fsp3) is 0.222. The van der Waals surface area contributed by atoms with Crippen LogP contribution in [0.25, 0.3) is 0 Å². The van der Waals surface area contributed by atoms with E-state index in [1.54, 1.807) is 18.4 Å². The van der Waals surface area contributed by atoms with Crippen molar-refractivity contribution in [3.05, 3.63) is 59.7 Å². The number of nitrogens with zero attached hydrogens (tertiary/aromatic N) is 2. The van der Waals surface area contributed by atoms with Crippen molar-refractivity contribution in [1.82, 2.24) is 15.3 Å². The molecule has 0 saturated carbocycles. The van der Waals surface area contributed by atoms with Gasteiger partial charge in [0, 0.05) is 5.70 Å². The Hall–Kier alpha value is -3.83. The van der Waals surface area contributed by atoms with E-state index in [1.165, 1.54) is 0 Å². The molecule has 2 amide bonds. The largest absolute Gasteiger partial charge is 0.391 e. The van der Waals surface area contributed by atoms with Crippen LogP contribution in [0, 0.1) is 0 Å². The summed E-state index contributed by atoms with van der Waals surface area (Å²) in [5.41, 5.74) is 11.6. The normalized spacial score (nSPS) is 18.4. The number of hydrogen-bond acceptors (Lipinski definition) is 7. The van der Waals surface area contributed by atoms with Crippen LogP contribution in [0.15, 0.2) is 54.0 Å². The number of rotatable bonds is 7. The second-order valence-corrected chi connectivity index (χ2v) is 6.49. The first-order valence-electron chi connectivity index (χ1n) is 8.71. The first kappa shape index (κ1) is 20.9. The Balaban J connectivity index is 1.86. The zero-order valence-electron chi connectivity index (χ0n) is 15.4. The van der Waals surface area contributed by atoms with Crippen LogP contribution in [0.4, 0.5) is 24.8 Å². The molecule has 0 radical (unpaired) electrons. The van der Waals surface area contributed by atoms with Crippen LogP contribution >= 0.6 is 0 Å². The minimum atomic E-state index is -4.63. The molecular formula is C18H18F3N7O2. The van der Waals surface area contributed by atoms with Crippen molar-refractivity contribution in [2.45, 2.75) is 24.7 Å². The van der Waals surface area contributed by atoms with Gasteiger partial charge in [0.15, 0.2) is 11.5 Å². The minimum Gasteiger partial charge on any atom is -0.381 e. The number of nitrogens with two attached hydrogens (primary N) is 2. The highest BCUT2D eigenvalue weighted by Gasteiger charge is 2.35. The van der Waals surface area contributed by atoms with Crippen molar-refractivity contribution in [2.24, 2.45) is 11.5 Å². The Bertz CT molecular complexity index is 982. The Labute approximate surface area is 168 Å². The minimum absolute atomic E-state index is 0.00561. The molecule has 1 aromatic heterocycles. The van der Waals surface area contributed by atoms with E-state index >= 15 is 0 Å². The number of carbonyl (C=O) groups excluding carboxylic acids is 2. The average molecular weight is 421 g/mol. The summed E-state index contributed by atoms with van der Waals surface area (Å²) >= 11 is 0. The van der Waals surface area contributed by atoms with Crippen molar-refractivity contribution in [1.29, 1.82) is 0 Å². The fourth-order valence-electron chi connectivity index (χ4n) is 2.82. The van der Waals surface area contributed by atoms with Crippen LogP contribution in [-0.4, -0.2) is 40.0 Å². The number of carbonyl (C=O) groups is 2. The maximum absolute atomic E-state index is 12.7. The van der Waals surface area contributed by atoms with Gasteiger partial charge in [-0.3, -0.25) is 9.59 Å². The molecule has 2 heterocycles. The number of nitrogens with one attached hydrogen (secondary N) is 3. The van der Waals surface area contributed by atoms with Gasteiger partial charge >= 0.3 is 6.18 Å². The summed E-state index contributed by atoms with van der Waals surface area (Å²) < 4.78 is 38.0.